The molecule has 0 saturated heterocycles. The number of hydrogen-bond donors (Lipinski definition) is 0. The van der Waals surface area contributed by atoms with Gasteiger partial charge >= 0.3 is 5.97 Å². The average molecular weight is 261 g/mol. The molecule has 0 bridgehead atoms. The number of halogens is 1. The summed E-state index contributed by atoms with van der Waals surface area (Å²) < 4.78 is 5.84. The lowest BCUT2D eigenvalue weighted by Crippen LogP contribution is -2.01. The molecule has 0 aromatic heterocycles. The molecule has 0 radical (unpaired) electrons. The van der Waals surface area contributed by atoms with E-state index in [4.69, 9.17) is 4.74 Å². The van der Waals surface area contributed by atoms with Crippen molar-refractivity contribution in [2.45, 2.75) is 33.1 Å². The van der Waals surface area contributed by atoms with Crippen molar-refractivity contribution in [2.75, 3.05) is 6.61 Å². The third-order valence-corrected chi connectivity index (χ3v) is 2.37. The quantitative estimate of drug-likeness (QED) is 0.316. The van der Waals surface area contributed by atoms with Crippen LogP contribution in [0.25, 0.3) is 0 Å². The first-order chi connectivity index (χ1) is 6.70. The number of ether oxygens (including phenoxy) is 1. The topological polar surface area (TPSA) is 26.3 Å². The number of carbonyl (C=O) groups excluding carboxylic acids is 1. The molecule has 0 heterocycles. The highest BCUT2D eigenvalue weighted by Crippen LogP contribution is 2.05. The second-order valence-corrected chi connectivity index (χ2v) is 3.80. The summed E-state index contributed by atoms with van der Waals surface area (Å²) in [5.41, 5.74) is 0. The van der Waals surface area contributed by atoms with Crippen LogP contribution >= 0.6 is 15.9 Å². The van der Waals surface area contributed by atoms with E-state index < -0.39 is 0 Å². The first kappa shape index (κ1) is 13.4. The average Bonchev–Trinajstić information content (AvgIpc) is 2.21. The van der Waals surface area contributed by atoms with E-state index in [1.54, 1.807) is 6.08 Å². The van der Waals surface area contributed by atoms with E-state index >= 15 is 0 Å². The van der Waals surface area contributed by atoms with E-state index in [0.29, 0.717) is 6.61 Å². The van der Waals surface area contributed by atoms with Gasteiger partial charge in [-0.3, -0.25) is 0 Å². The summed E-state index contributed by atoms with van der Waals surface area (Å²) in [5, 5.41) is 0. The maximum absolute atomic E-state index is 11.1. The minimum absolute atomic E-state index is 0.278. The summed E-state index contributed by atoms with van der Waals surface area (Å²) in [7, 11) is 0. The maximum Gasteiger partial charge on any atom is 0.330 e. The summed E-state index contributed by atoms with van der Waals surface area (Å²) >= 11 is 3.26. The number of rotatable bonds is 6. The van der Waals surface area contributed by atoms with Crippen molar-refractivity contribution >= 4 is 21.9 Å². The molecule has 0 rings (SSSR count). The highest BCUT2D eigenvalue weighted by Gasteiger charge is 1.95. The van der Waals surface area contributed by atoms with Crippen LogP contribution in [0, 0.1) is 0 Å². The van der Waals surface area contributed by atoms with Crippen molar-refractivity contribution in [3.05, 3.63) is 22.7 Å². The number of esters is 1. The number of allylic oxidation sites excluding steroid dienone is 3. The smallest absolute Gasteiger partial charge is 0.330 e. The van der Waals surface area contributed by atoms with Crippen molar-refractivity contribution in [3.8, 4) is 0 Å². The minimum atomic E-state index is -0.278. The van der Waals surface area contributed by atoms with Gasteiger partial charge in [0.25, 0.3) is 0 Å². The molecule has 0 aromatic rings. The van der Waals surface area contributed by atoms with Crippen LogP contribution in [0.15, 0.2) is 22.7 Å². The van der Waals surface area contributed by atoms with Crippen molar-refractivity contribution in [1.82, 2.24) is 0 Å². The fraction of sp³-hybridized carbons (Fsp3) is 0.545. The van der Waals surface area contributed by atoms with Crippen LogP contribution in [0.3, 0.4) is 0 Å². The Morgan fingerprint density at radius 2 is 2.07 bits per heavy atom. The Morgan fingerprint density at radius 3 is 2.64 bits per heavy atom. The molecular weight excluding hydrogens is 244 g/mol. The van der Waals surface area contributed by atoms with E-state index in [2.05, 4.69) is 22.9 Å². The molecule has 0 spiro atoms. The lowest BCUT2D eigenvalue weighted by atomic mass is 10.3. The summed E-state index contributed by atoms with van der Waals surface area (Å²) in [6.45, 7) is 4.52. The summed E-state index contributed by atoms with van der Waals surface area (Å²) in [5.74, 6) is -0.278. The zero-order valence-corrected chi connectivity index (χ0v) is 10.3. The van der Waals surface area contributed by atoms with E-state index in [-0.39, 0.29) is 5.97 Å². The van der Waals surface area contributed by atoms with Crippen LogP contribution < -0.4 is 0 Å². The molecule has 0 N–H and O–H groups in total. The van der Waals surface area contributed by atoms with Gasteiger partial charge in [-0.1, -0.05) is 41.8 Å². The molecule has 0 atom stereocenters. The van der Waals surface area contributed by atoms with Gasteiger partial charge in [-0.05, 0) is 19.4 Å². The first-order valence-electron chi connectivity index (χ1n) is 4.87. The van der Waals surface area contributed by atoms with E-state index in [0.717, 1.165) is 23.7 Å². The highest BCUT2D eigenvalue weighted by molar-refractivity contribution is 9.11. The van der Waals surface area contributed by atoms with Crippen LogP contribution in [0.2, 0.25) is 0 Å². The van der Waals surface area contributed by atoms with Crippen LogP contribution in [-0.4, -0.2) is 12.6 Å². The predicted octanol–water partition coefficient (Wildman–Crippen LogP) is 3.57. The predicted molar refractivity (Wildman–Crippen MR) is 62.3 cm³/mol. The minimum Gasteiger partial charge on any atom is -0.463 e. The number of hydrogen-bond acceptors (Lipinski definition) is 2. The van der Waals surface area contributed by atoms with E-state index in [9.17, 15) is 4.79 Å². The molecular formula is C11H17BrO2. The Morgan fingerprint density at radius 1 is 1.36 bits per heavy atom. The van der Waals surface area contributed by atoms with Gasteiger partial charge in [0.05, 0.1) is 6.61 Å². The largest absolute Gasteiger partial charge is 0.463 e. The SMILES string of the molecule is CC=C(Br)C=CC(=O)OCCCCC. The Balaban J connectivity index is 3.60. The molecule has 0 saturated carbocycles. The molecule has 3 heteroatoms. The van der Waals surface area contributed by atoms with Crippen molar-refractivity contribution in [1.29, 1.82) is 0 Å². The molecule has 0 fully saturated rings. The molecule has 0 unspecified atom stereocenters. The third kappa shape index (κ3) is 8.05. The molecule has 0 aliphatic carbocycles. The summed E-state index contributed by atoms with van der Waals surface area (Å²) in [4.78, 5) is 11.1. The Hall–Kier alpha value is -0.570. The van der Waals surface area contributed by atoms with Crippen LogP contribution in [-0.2, 0) is 9.53 Å². The monoisotopic (exact) mass is 260 g/mol. The standard InChI is InChI=1S/C11H17BrO2/c1-3-5-6-9-14-11(13)8-7-10(12)4-2/h4,7-8H,3,5-6,9H2,1-2H3. The van der Waals surface area contributed by atoms with Gasteiger partial charge in [0, 0.05) is 10.6 Å². The van der Waals surface area contributed by atoms with Crippen molar-refractivity contribution in [3.63, 3.8) is 0 Å². The van der Waals surface area contributed by atoms with Gasteiger partial charge in [-0.25, -0.2) is 4.79 Å². The Kier molecular flexibility index (Phi) is 8.64. The molecule has 80 valence electrons. The second kappa shape index (κ2) is 9.00. The highest BCUT2D eigenvalue weighted by atomic mass is 79.9. The van der Waals surface area contributed by atoms with Gasteiger partial charge < -0.3 is 4.74 Å². The van der Waals surface area contributed by atoms with Crippen LogP contribution in [0.5, 0.6) is 0 Å². The van der Waals surface area contributed by atoms with Crippen molar-refractivity contribution in [2.24, 2.45) is 0 Å². The molecule has 0 aliphatic rings. The lowest BCUT2D eigenvalue weighted by Gasteiger charge is -1.99. The first-order valence-corrected chi connectivity index (χ1v) is 5.66. The van der Waals surface area contributed by atoms with Gasteiger partial charge in [0.2, 0.25) is 0 Å². The zero-order chi connectivity index (χ0) is 10.8. The lowest BCUT2D eigenvalue weighted by molar-refractivity contribution is -0.137. The fourth-order valence-corrected chi connectivity index (χ4v) is 0.949. The van der Waals surface area contributed by atoms with E-state index in [1.165, 1.54) is 6.08 Å². The van der Waals surface area contributed by atoms with Gasteiger partial charge in [0.15, 0.2) is 0 Å². The van der Waals surface area contributed by atoms with Crippen molar-refractivity contribution < 1.29 is 9.53 Å². The molecule has 0 aliphatic heterocycles. The molecule has 0 amide bonds. The summed E-state index contributed by atoms with van der Waals surface area (Å²) in [6, 6.07) is 0. The molecule has 0 aromatic carbocycles. The molecule has 14 heavy (non-hydrogen) atoms. The Bertz CT molecular complexity index is 219. The van der Waals surface area contributed by atoms with Crippen LogP contribution in [0.1, 0.15) is 33.1 Å². The fourth-order valence-electron chi connectivity index (χ4n) is 0.817. The maximum atomic E-state index is 11.1. The van der Waals surface area contributed by atoms with Gasteiger partial charge in [-0.2, -0.15) is 0 Å². The van der Waals surface area contributed by atoms with Gasteiger partial charge in [0.1, 0.15) is 0 Å². The Labute approximate surface area is 94.2 Å². The summed E-state index contributed by atoms with van der Waals surface area (Å²) in [6.07, 6.45) is 8.16. The zero-order valence-electron chi connectivity index (χ0n) is 8.75. The van der Waals surface area contributed by atoms with E-state index in [1.807, 2.05) is 13.0 Å². The third-order valence-electron chi connectivity index (χ3n) is 1.65. The van der Waals surface area contributed by atoms with Crippen LogP contribution in [0.4, 0.5) is 0 Å². The number of carbonyl (C=O) groups is 1. The second-order valence-electron chi connectivity index (χ2n) is 2.88. The van der Waals surface area contributed by atoms with Gasteiger partial charge in [-0.15, -0.1) is 0 Å². The number of unbranched alkanes of at least 4 members (excludes halogenated alkanes) is 2. The normalized spacial score (nSPS) is 12.1. The molecule has 2 nitrogen and oxygen atoms in total.